The van der Waals surface area contributed by atoms with Crippen LogP contribution in [-0.2, 0) is 17.9 Å². The molecule has 0 saturated carbocycles. The van der Waals surface area contributed by atoms with Gasteiger partial charge < -0.3 is 14.6 Å². The Bertz CT molecular complexity index is 1220. The Labute approximate surface area is 182 Å². The number of carbonyl (C=O) groups excluding carboxylic acids is 1. The summed E-state index contributed by atoms with van der Waals surface area (Å²) in [5.41, 5.74) is 7.12. The van der Waals surface area contributed by atoms with Gasteiger partial charge in [0, 0.05) is 5.69 Å². The number of para-hydroxylation sites is 2. The van der Waals surface area contributed by atoms with Gasteiger partial charge in [-0.25, -0.2) is 4.98 Å². The first kappa shape index (κ1) is 20.7. The summed E-state index contributed by atoms with van der Waals surface area (Å²) >= 11 is 0. The lowest BCUT2D eigenvalue weighted by molar-refractivity contribution is -0.116. The molecule has 3 aromatic carbocycles. The Kier molecular flexibility index (Phi) is 5.76. The van der Waals surface area contributed by atoms with Crippen LogP contribution in [0.25, 0.3) is 11.0 Å². The van der Waals surface area contributed by atoms with Crippen molar-refractivity contribution in [3.63, 3.8) is 0 Å². The molecule has 0 atom stereocenters. The summed E-state index contributed by atoms with van der Waals surface area (Å²) < 4.78 is 7.88. The molecular weight excluding hydrogens is 386 g/mol. The molecule has 31 heavy (non-hydrogen) atoms. The van der Waals surface area contributed by atoms with Crippen molar-refractivity contribution in [2.45, 2.75) is 40.8 Å². The van der Waals surface area contributed by atoms with Crippen LogP contribution >= 0.6 is 0 Å². The maximum Gasteiger partial charge on any atom is 0.244 e. The summed E-state index contributed by atoms with van der Waals surface area (Å²) in [6.07, 6.45) is 0. The second-order valence-electron chi connectivity index (χ2n) is 8.03. The van der Waals surface area contributed by atoms with E-state index in [1.54, 1.807) is 0 Å². The molecule has 1 N–H and O–H groups in total. The lowest BCUT2D eigenvalue weighted by Gasteiger charge is -2.14. The number of aromatic nitrogens is 2. The van der Waals surface area contributed by atoms with Gasteiger partial charge in [0.25, 0.3) is 0 Å². The second-order valence-corrected chi connectivity index (χ2v) is 8.03. The van der Waals surface area contributed by atoms with E-state index in [1.807, 2.05) is 73.9 Å². The average Bonchev–Trinajstić information content (AvgIpc) is 3.08. The largest absolute Gasteiger partial charge is 0.486 e. The lowest BCUT2D eigenvalue weighted by Crippen LogP contribution is -2.21. The molecule has 158 valence electrons. The minimum absolute atomic E-state index is 0.0882. The molecule has 0 aliphatic rings. The summed E-state index contributed by atoms with van der Waals surface area (Å²) in [4.78, 5) is 17.7. The zero-order valence-corrected chi connectivity index (χ0v) is 18.4. The zero-order valence-electron chi connectivity index (χ0n) is 18.4. The summed E-state index contributed by atoms with van der Waals surface area (Å²) in [6.45, 7) is 8.59. The molecule has 1 aromatic heterocycles. The van der Waals surface area contributed by atoms with Crippen molar-refractivity contribution in [1.29, 1.82) is 0 Å². The van der Waals surface area contributed by atoms with E-state index in [0.29, 0.717) is 5.82 Å². The van der Waals surface area contributed by atoms with Crippen molar-refractivity contribution in [3.05, 3.63) is 88.7 Å². The molecule has 4 rings (SSSR count). The minimum atomic E-state index is -0.0882. The summed E-state index contributed by atoms with van der Waals surface area (Å²) in [5.74, 6) is 1.41. The highest BCUT2D eigenvalue weighted by Gasteiger charge is 2.16. The normalized spacial score (nSPS) is 11.0. The monoisotopic (exact) mass is 413 g/mol. The maximum atomic E-state index is 13.0. The summed E-state index contributed by atoms with van der Waals surface area (Å²) in [5, 5.41) is 3.09. The molecule has 5 nitrogen and oxygen atoms in total. The Morgan fingerprint density at radius 3 is 2.32 bits per heavy atom. The predicted octanol–water partition coefficient (Wildman–Crippen LogP) is 5.49. The highest BCUT2D eigenvalue weighted by Crippen LogP contribution is 2.23. The lowest BCUT2D eigenvalue weighted by atomic mass is 10.1. The van der Waals surface area contributed by atoms with Crippen molar-refractivity contribution < 1.29 is 9.53 Å². The van der Waals surface area contributed by atoms with Crippen LogP contribution in [0.4, 0.5) is 5.69 Å². The van der Waals surface area contributed by atoms with Crippen molar-refractivity contribution in [3.8, 4) is 5.75 Å². The summed E-state index contributed by atoms with van der Waals surface area (Å²) in [6, 6.07) is 19.9. The molecular formula is C26H27N3O2. The Morgan fingerprint density at radius 2 is 1.61 bits per heavy atom. The first-order valence-electron chi connectivity index (χ1n) is 10.4. The summed E-state index contributed by atoms with van der Waals surface area (Å²) in [7, 11) is 0. The Balaban J connectivity index is 1.58. The number of ether oxygens (including phenoxy) is 1. The molecule has 5 heteroatoms. The van der Waals surface area contributed by atoms with E-state index in [9.17, 15) is 4.79 Å². The van der Waals surface area contributed by atoms with E-state index in [1.165, 1.54) is 11.1 Å². The molecule has 0 bridgehead atoms. The number of aryl methyl sites for hydroxylation is 4. The van der Waals surface area contributed by atoms with E-state index >= 15 is 0 Å². The van der Waals surface area contributed by atoms with Gasteiger partial charge in [-0.2, -0.15) is 0 Å². The number of anilines is 1. The van der Waals surface area contributed by atoms with Crippen molar-refractivity contribution >= 4 is 22.6 Å². The molecule has 0 fully saturated rings. The highest BCUT2D eigenvalue weighted by atomic mass is 16.5. The molecule has 0 aliphatic carbocycles. The molecule has 0 unspecified atom stereocenters. The number of fused-ring (bicyclic) bond motifs is 1. The van der Waals surface area contributed by atoms with Gasteiger partial charge in [-0.3, -0.25) is 4.79 Å². The van der Waals surface area contributed by atoms with Gasteiger partial charge in [-0.15, -0.1) is 0 Å². The van der Waals surface area contributed by atoms with Crippen molar-refractivity contribution in [2.24, 2.45) is 0 Å². The maximum absolute atomic E-state index is 13.0. The number of benzene rings is 3. The van der Waals surface area contributed by atoms with Gasteiger partial charge in [0.2, 0.25) is 5.91 Å². The molecule has 1 heterocycles. The van der Waals surface area contributed by atoms with Gasteiger partial charge in [0.15, 0.2) is 0 Å². The van der Waals surface area contributed by atoms with Gasteiger partial charge in [-0.1, -0.05) is 47.5 Å². The van der Waals surface area contributed by atoms with Crippen LogP contribution in [0.15, 0.2) is 60.7 Å². The van der Waals surface area contributed by atoms with Crippen LogP contribution in [-0.4, -0.2) is 15.5 Å². The van der Waals surface area contributed by atoms with E-state index in [2.05, 4.69) is 24.4 Å². The molecule has 0 spiro atoms. The number of hydrogen-bond donors (Lipinski definition) is 1. The molecule has 0 aliphatic heterocycles. The predicted molar refractivity (Wildman–Crippen MR) is 125 cm³/mol. The fourth-order valence-corrected chi connectivity index (χ4v) is 3.89. The minimum Gasteiger partial charge on any atom is -0.486 e. The smallest absolute Gasteiger partial charge is 0.244 e. The highest BCUT2D eigenvalue weighted by molar-refractivity contribution is 5.93. The average molecular weight is 414 g/mol. The van der Waals surface area contributed by atoms with Gasteiger partial charge in [0.05, 0.1) is 11.0 Å². The van der Waals surface area contributed by atoms with Gasteiger partial charge >= 0.3 is 0 Å². The number of imidazole rings is 1. The number of amides is 1. The van der Waals surface area contributed by atoms with Crippen molar-refractivity contribution in [2.75, 3.05) is 5.32 Å². The van der Waals surface area contributed by atoms with E-state index < -0.39 is 0 Å². The van der Waals surface area contributed by atoms with Crippen LogP contribution in [0.2, 0.25) is 0 Å². The first-order chi connectivity index (χ1) is 14.9. The van der Waals surface area contributed by atoms with Crippen LogP contribution in [0.5, 0.6) is 5.75 Å². The van der Waals surface area contributed by atoms with Gasteiger partial charge in [0.1, 0.15) is 24.7 Å². The fourth-order valence-electron chi connectivity index (χ4n) is 3.89. The fraction of sp³-hybridized carbons (Fsp3) is 0.231. The Morgan fingerprint density at radius 1 is 0.935 bits per heavy atom. The third kappa shape index (κ3) is 4.61. The van der Waals surface area contributed by atoms with E-state index in [4.69, 9.17) is 9.72 Å². The first-order valence-corrected chi connectivity index (χ1v) is 10.4. The SMILES string of the molecule is Cc1ccc(OCc2nc3ccccc3n2CC(=O)Nc2c(C)cc(C)cc2C)cc1. The number of rotatable bonds is 6. The third-order valence-electron chi connectivity index (χ3n) is 5.37. The molecule has 0 radical (unpaired) electrons. The number of nitrogens with one attached hydrogen (secondary N) is 1. The number of hydrogen-bond acceptors (Lipinski definition) is 3. The molecule has 4 aromatic rings. The standard InChI is InChI=1S/C26H27N3O2/c1-17-9-11-21(12-10-17)31-16-24-27-22-7-5-6-8-23(22)29(24)15-25(30)28-26-19(3)13-18(2)14-20(26)4/h5-14H,15-16H2,1-4H3,(H,28,30). The molecule has 1 amide bonds. The van der Waals surface area contributed by atoms with Crippen LogP contribution < -0.4 is 10.1 Å². The zero-order chi connectivity index (χ0) is 22.0. The van der Waals surface area contributed by atoms with E-state index in [0.717, 1.165) is 33.6 Å². The second kappa shape index (κ2) is 8.64. The van der Waals surface area contributed by atoms with E-state index in [-0.39, 0.29) is 19.1 Å². The number of nitrogens with zero attached hydrogens (tertiary/aromatic N) is 2. The third-order valence-corrected chi connectivity index (χ3v) is 5.37. The quantitative estimate of drug-likeness (QED) is 0.455. The molecule has 0 saturated heterocycles. The van der Waals surface area contributed by atoms with Crippen LogP contribution in [0, 0.1) is 27.7 Å². The van der Waals surface area contributed by atoms with Crippen molar-refractivity contribution in [1.82, 2.24) is 9.55 Å². The topological polar surface area (TPSA) is 56.2 Å². The Hall–Kier alpha value is -3.60. The van der Waals surface area contributed by atoms with Crippen LogP contribution in [0.1, 0.15) is 28.1 Å². The van der Waals surface area contributed by atoms with Gasteiger partial charge in [-0.05, 0) is 63.1 Å². The van der Waals surface area contributed by atoms with Crippen LogP contribution in [0.3, 0.4) is 0 Å². The number of carbonyl (C=O) groups is 1.